The summed E-state index contributed by atoms with van der Waals surface area (Å²) < 4.78 is 56.1. The summed E-state index contributed by atoms with van der Waals surface area (Å²) in [6, 6.07) is 2.43. The number of ether oxygens (including phenoxy) is 1. The molecular formula is C15H18F4N2O2. The maximum atomic E-state index is 13.6. The van der Waals surface area contributed by atoms with Crippen molar-refractivity contribution >= 4 is 5.91 Å². The van der Waals surface area contributed by atoms with E-state index < -0.39 is 29.7 Å². The van der Waals surface area contributed by atoms with Crippen molar-refractivity contribution in [2.24, 2.45) is 5.92 Å². The third-order valence-electron chi connectivity index (χ3n) is 3.80. The molecule has 2 rings (SSSR count). The minimum atomic E-state index is -3.02. The third kappa shape index (κ3) is 4.57. The maximum Gasteiger partial charge on any atom is 0.315 e. The second kappa shape index (κ2) is 7.63. The fraction of sp³-hybridized carbons (Fsp3) is 0.533. The number of carbonyl (C=O) groups excluding carboxylic acids is 1. The average molecular weight is 334 g/mol. The van der Waals surface area contributed by atoms with E-state index in [1.165, 1.54) is 19.2 Å². The molecule has 1 fully saturated rings. The quantitative estimate of drug-likeness (QED) is 0.811. The van der Waals surface area contributed by atoms with Crippen molar-refractivity contribution < 1.29 is 27.1 Å². The second-order valence-electron chi connectivity index (χ2n) is 5.53. The summed E-state index contributed by atoms with van der Waals surface area (Å²) in [6.45, 7) is 1.76. The first-order valence-electron chi connectivity index (χ1n) is 7.20. The van der Waals surface area contributed by atoms with Crippen molar-refractivity contribution in [1.82, 2.24) is 10.2 Å². The fourth-order valence-electron chi connectivity index (χ4n) is 2.70. The van der Waals surface area contributed by atoms with Crippen LogP contribution in [0.1, 0.15) is 12.0 Å². The molecule has 1 aromatic carbocycles. The number of nitrogens with zero attached hydrogens (tertiary/aromatic N) is 1. The van der Waals surface area contributed by atoms with Gasteiger partial charge in [-0.15, -0.1) is 0 Å². The first kappa shape index (κ1) is 17.5. The zero-order chi connectivity index (χ0) is 17.0. The Balaban J connectivity index is 1.87. The highest BCUT2D eigenvalue weighted by molar-refractivity contribution is 5.79. The van der Waals surface area contributed by atoms with Gasteiger partial charge in [0.25, 0.3) is 5.91 Å². The second-order valence-corrected chi connectivity index (χ2v) is 5.53. The zero-order valence-corrected chi connectivity index (χ0v) is 12.6. The minimum Gasteiger partial charge on any atom is -0.491 e. The summed E-state index contributed by atoms with van der Waals surface area (Å²) in [7, 11) is 1.19. The van der Waals surface area contributed by atoms with Crippen LogP contribution in [-0.4, -0.2) is 44.0 Å². The van der Waals surface area contributed by atoms with E-state index in [4.69, 9.17) is 0 Å². The first-order valence-corrected chi connectivity index (χ1v) is 7.20. The molecule has 128 valence electrons. The van der Waals surface area contributed by atoms with Crippen LogP contribution in [-0.2, 0) is 11.3 Å². The molecule has 0 bridgehead atoms. The summed E-state index contributed by atoms with van der Waals surface area (Å²) >= 11 is 0. The van der Waals surface area contributed by atoms with Crippen molar-refractivity contribution in [3.8, 4) is 5.75 Å². The zero-order valence-electron chi connectivity index (χ0n) is 12.6. The van der Waals surface area contributed by atoms with Crippen LogP contribution in [0.5, 0.6) is 5.75 Å². The van der Waals surface area contributed by atoms with E-state index in [0.717, 1.165) is 6.42 Å². The fourth-order valence-corrected chi connectivity index (χ4v) is 2.70. The molecule has 0 unspecified atom stereocenters. The predicted octanol–water partition coefficient (Wildman–Crippen LogP) is 2.18. The van der Waals surface area contributed by atoms with Crippen LogP contribution in [0, 0.1) is 17.6 Å². The Kier molecular flexibility index (Phi) is 5.81. The third-order valence-corrected chi connectivity index (χ3v) is 3.80. The van der Waals surface area contributed by atoms with Gasteiger partial charge in [0.15, 0.2) is 17.4 Å². The van der Waals surface area contributed by atoms with Crippen molar-refractivity contribution in [3.63, 3.8) is 0 Å². The number of rotatable bonds is 6. The van der Waals surface area contributed by atoms with Crippen molar-refractivity contribution in [2.75, 3.05) is 26.7 Å². The Morgan fingerprint density at radius 3 is 2.61 bits per heavy atom. The van der Waals surface area contributed by atoms with Crippen LogP contribution in [0.4, 0.5) is 17.6 Å². The number of hydrogen-bond acceptors (Lipinski definition) is 3. The molecule has 0 radical (unpaired) electrons. The number of hydrogen-bond donors (Lipinski definition) is 1. The van der Waals surface area contributed by atoms with E-state index in [9.17, 15) is 22.4 Å². The normalized spacial score (nSPS) is 18.4. The molecule has 1 heterocycles. The summed E-state index contributed by atoms with van der Waals surface area (Å²) in [5.41, 5.74) is 0.470. The van der Waals surface area contributed by atoms with Crippen LogP contribution in [0.25, 0.3) is 0 Å². The Labute approximate surface area is 131 Å². The van der Waals surface area contributed by atoms with Crippen molar-refractivity contribution in [2.45, 2.75) is 19.4 Å². The largest absolute Gasteiger partial charge is 0.491 e. The monoisotopic (exact) mass is 334 g/mol. The van der Waals surface area contributed by atoms with Gasteiger partial charge in [0.1, 0.15) is 0 Å². The number of halogens is 4. The summed E-state index contributed by atoms with van der Waals surface area (Å²) in [4.78, 5) is 12.8. The molecule has 1 aliphatic rings. The molecule has 1 amide bonds. The molecule has 23 heavy (non-hydrogen) atoms. The van der Waals surface area contributed by atoms with Gasteiger partial charge in [0.2, 0.25) is 0 Å². The standard InChI is InChI=1S/C15H18F4N2O2/c1-23-13-11(16)4-10(5-12(13)17)8-21-3-2-9(7-21)6-20-15(22)14(18)19/h4-5,9,14H,2-3,6-8H2,1H3,(H,20,22)/t9-/m1/s1. The highest BCUT2D eigenvalue weighted by Crippen LogP contribution is 2.25. The molecule has 0 saturated carbocycles. The smallest absolute Gasteiger partial charge is 0.315 e. The van der Waals surface area contributed by atoms with E-state index in [2.05, 4.69) is 10.1 Å². The number of alkyl halides is 2. The SMILES string of the molecule is COc1c(F)cc(CN2CC[C@H](CNC(=O)C(F)F)C2)cc1F. The molecule has 4 nitrogen and oxygen atoms in total. The average Bonchev–Trinajstić information content (AvgIpc) is 2.91. The summed E-state index contributed by atoms with van der Waals surface area (Å²) in [5.74, 6) is -3.17. The van der Waals surface area contributed by atoms with Gasteiger partial charge in [-0.25, -0.2) is 8.78 Å². The summed E-state index contributed by atoms with van der Waals surface area (Å²) in [6.07, 6.45) is -2.29. The van der Waals surface area contributed by atoms with Gasteiger partial charge in [0.05, 0.1) is 7.11 Å². The number of nitrogens with one attached hydrogen (secondary N) is 1. The molecule has 1 N–H and O–H groups in total. The predicted molar refractivity (Wildman–Crippen MR) is 75.3 cm³/mol. The number of amides is 1. The Hall–Kier alpha value is -1.83. The molecular weight excluding hydrogens is 316 g/mol. The number of carbonyl (C=O) groups is 1. The highest BCUT2D eigenvalue weighted by atomic mass is 19.3. The van der Waals surface area contributed by atoms with Gasteiger partial charge < -0.3 is 10.1 Å². The molecule has 1 aliphatic heterocycles. The lowest BCUT2D eigenvalue weighted by Crippen LogP contribution is -2.34. The molecule has 1 saturated heterocycles. The molecule has 8 heteroatoms. The van der Waals surface area contributed by atoms with Gasteiger partial charge in [-0.1, -0.05) is 0 Å². The Morgan fingerprint density at radius 1 is 1.39 bits per heavy atom. The molecule has 0 aliphatic carbocycles. The van der Waals surface area contributed by atoms with E-state index in [1.54, 1.807) is 0 Å². The Morgan fingerprint density at radius 2 is 2.04 bits per heavy atom. The maximum absolute atomic E-state index is 13.6. The van der Waals surface area contributed by atoms with Crippen molar-refractivity contribution in [3.05, 3.63) is 29.3 Å². The lowest BCUT2D eigenvalue weighted by molar-refractivity contribution is -0.131. The van der Waals surface area contributed by atoms with E-state index in [0.29, 0.717) is 25.2 Å². The molecule has 1 atom stereocenters. The lowest BCUT2D eigenvalue weighted by atomic mass is 10.1. The van der Waals surface area contributed by atoms with E-state index >= 15 is 0 Å². The van der Waals surface area contributed by atoms with Crippen LogP contribution >= 0.6 is 0 Å². The van der Waals surface area contributed by atoms with Crippen LogP contribution in [0.15, 0.2) is 12.1 Å². The van der Waals surface area contributed by atoms with Crippen LogP contribution in [0.3, 0.4) is 0 Å². The highest BCUT2D eigenvalue weighted by Gasteiger charge is 2.25. The molecule has 1 aromatic rings. The number of benzene rings is 1. The van der Waals surface area contributed by atoms with Crippen molar-refractivity contribution in [1.29, 1.82) is 0 Å². The van der Waals surface area contributed by atoms with E-state index in [-0.39, 0.29) is 12.5 Å². The lowest BCUT2D eigenvalue weighted by Gasteiger charge is -2.17. The summed E-state index contributed by atoms with van der Waals surface area (Å²) in [5, 5.41) is 2.19. The van der Waals surface area contributed by atoms with Gasteiger partial charge in [-0.2, -0.15) is 8.78 Å². The first-order chi connectivity index (χ1) is 10.9. The van der Waals surface area contributed by atoms with Gasteiger partial charge in [-0.05, 0) is 36.6 Å². The minimum absolute atomic E-state index is 0.0469. The molecule has 0 spiro atoms. The van der Waals surface area contributed by atoms with Crippen LogP contribution in [0.2, 0.25) is 0 Å². The van der Waals surface area contributed by atoms with E-state index in [1.807, 2.05) is 4.90 Å². The number of methoxy groups -OCH3 is 1. The number of likely N-dealkylation sites (tertiary alicyclic amines) is 1. The Bertz CT molecular complexity index is 545. The topological polar surface area (TPSA) is 41.6 Å². The van der Waals surface area contributed by atoms with Gasteiger partial charge in [0, 0.05) is 19.6 Å². The van der Waals surface area contributed by atoms with Gasteiger partial charge >= 0.3 is 6.43 Å². The van der Waals surface area contributed by atoms with Crippen LogP contribution < -0.4 is 10.1 Å². The molecule has 0 aromatic heterocycles. The van der Waals surface area contributed by atoms with Gasteiger partial charge in [-0.3, -0.25) is 9.69 Å².